The normalized spacial score (nSPS) is 19.3. The van der Waals surface area contributed by atoms with E-state index in [9.17, 15) is 0 Å². The van der Waals surface area contributed by atoms with Gasteiger partial charge in [-0.1, -0.05) is 6.07 Å². The van der Waals surface area contributed by atoms with Crippen molar-refractivity contribution >= 4 is 0 Å². The van der Waals surface area contributed by atoms with Crippen LogP contribution in [0.3, 0.4) is 0 Å². The van der Waals surface area contributed by atoms with Gasteiger partial charge in [-0.05, 0) is 30.4 Å². The van der Waals surface area contributed by atoms with Crippen molar-refractivity contribution in [3.8, 4) is 0 Å². The van der Waals surface area contributed by atoms with E-state index >= 15 is 0 Å². The van der Waals surface area contributed by atoms with E-state index in [0.29, 0.717) is 5.92 Å². The highest BCUT2D eigenvalue weighted by Crippen LogP contribution is 2.24. The Hall–Kier alpha value is -0.890. The lowest BCUT2D eigenvalue weighted by molar-refractivity contribution is 0.453. The first-order valence-electron chi connectivity index (χ1n) is 4.50. The molecule has 1 radical (unpaired) electrons. The average molecular weight is 161 g/mol. The van der Waals surface area contributed by atoms with Gasteiger partial charge in [0.25, 0.3) is 0 Å². The molecule has 2 heteroatoms. The molecule has 1 aliphatic rings. The Kier molecular flexibility index (Phi) is 2.37. The van der Waals surface area contributed by atoms with Crippen molar-refractivity contribution in [2.45, 2.75) is 18.8 Å². The summed E-state index contributed by atoms with van der Waals surface area (Å²) < 4.78 is 0. The monoisotopic (exact) mass is 161 g/mol. The van der Waals surface area contributed by atoms with E-state index in [1.807, 2.05) is 18.5 Å². The molecule has 2 heterocycles. The molecule has 2 nitrogen and oxygen atoms in total. The van der Waals surface area contributed by atoms with Crippen LogP contribution in [0.4, 0.5) is 0 Å². The van der Waals surface area contributed by atoms with Gasteiger partial charge in [-0.25, -0.2) is 5.32 Å². The molecule has 1 aromatic rings. The number of hydrogen-bond acceptors (Lipinski definition) is 1. The Morgan fingerprint density at radius 3 is 2.75 bits per heavy atom. The first kappa shape index (κ1) is 7.74. The maximum atomic E-state index is 4.33. The first-order chi connectivity index (χ1) is 5.97. The maximum absolute atomic E-state index is 4.33. The van der Waals surface area contributed by atoms with Crippen molar-refractivity contribution in [1.29, 1.82) is 0 Å². The molecule has 0 atom stereocenters. The quantitative estimate of drug-likeness (QED) is 0.614. The molecular formula is C10H13N2. The van der Waals surface area contributed by atoms with Gasteiger partial charge in [-0.15, -0.1) is 0 Å². The molecule has 0 saturated carbocycles. The summed E-state index contributed by atoms with van der Waals surface area (Å²) in [7, 11) is 0. The Balaban J connectivity index is 2.08. The molecule has 0 amide bonds. The molecule has 1 saturated heterocycles. The van der Waals surface area contributed by atoms with Gasteiger partial charge in [-0.3, -0.25) is 4.98 Å². The maximum Gasteiger partial charge on any atom is 0.0302 e. The van der Waals surface area contributed by atoms with Gasteiger partial charge in [0.1, 0.15) is 0 Å². The third-order valence-corrected chi connectivity index (χ3v) is 2.43. The van der Waals surface area contributed by atoms with Gasteiger partial charge >= 0.3 is 0 Å². The summed E-state index contributed by atoms with van der Waals surface area (Å²) in [5.74, 6) is 0.705. The molecule has 1 aliphatic heterocycles. The summed E-state index contributed by atoms with van der Waals surface area (Å²) in [5.41, 5.74) is 1.38. The number of aromatic nitrogens is 1. The molecule has 0 spiro atoms. The van der Waals surface area contributed by atoms with Gasteiger partial charge in [0, 0.05) is 25.5 Å². The van der Waals surface area contributed by atoms with E-state index in [0.717, 1.165) is 13.1 Å². The van der Waals surface area contributed by atoms with Crippen LogP contribution in [0.5, 0.6) is 0 Å². The highest BCUT2D eigenvalue weighted by atomic mass is 14.9. The first-order valence-corrected chi connectivity index (χ1v) is 4.50. The summed E-state index contributed by atoms with van der Waals surface area (Å²) in [4.78, 5) is 4.13. The highest BCUT2D eigenvalue weighted by molar-refractivity contribution is 5.15. The fourth-order valence-corrected chi connectivity index (χ4v) is 1.70. The Labute approximate surface area is 73.0 Å². The zero-order chi connectivity index (χ0) is 8.23. The van der Waals surface area contributed by atoms with Crippen LogP contribution in [0.25, 0.3) is 0 Å². The van der Waals surface area contributed by atoms with Crippen LogP contribution in [0, 0.1) is 0 Å². The molecule has 1 aromatic heterocycles. The number of piperidine rings is 1. The molecule has 12 heavy (non-hydrogen) atoms. The van der Waals surface area contributed by atoms with E-state index in [4.69, 9.17) is 0 Å². The minimum atomic E-state index is 0.705. The van der Waals surface area contributed by atoms with Crippen molar-refractivity contribution in [3.63, 3.8) is 0 Å². The molecule has 63 valence electrons. The minimum Gasteiger partial charge on any atom is -0.264 e. The van der Waals surface area contributed by atoms with Gasteiger partial charge in [0.15, 0.2) is 0 Å². The third kappa shape index (κ3) is 1.64. The van der Waals surface area contributed by atoms with Gasteiger partial charge in [0.05, 0.1) is 0 Å². The van der Waals surface area contributed by atoms with Crippen LogP contribution in [0.1, 0.15) is 24.3 Å². The minimum absolute atomic E-state index is 0.705. The van der Waals surface area contributed by atoms with Gasteiger partial charge in [0.2, 0.25) is 0 Å². The molecule has 0 aliphatic carbocycles. The number of nitrogens with zero attached hydrogens (tertiary/aromatic N) is 2. The van der Waals surface area contributed by atoms with Crippen LogP contribution in [-0.2, 0) is 0 Å². The van der Waals surface area contributed by atoms with E-state index in [-0.39, 0.29) is 0 Å². The van der Waals surface area contributed by atoms with Crippen molar-refractivity contribution in [3.05, 3.63) is 30.1 Å². The summed E-state index contributed by atoms with van der Waals surface area (Å²) in [6, 6.07) is 4.18. The lowest BCUT2D eigenvalue weighted by atomic mass is 9.91. The lowest BCUT2D eigenvalue weighted by Gasteiger charge is -2.21. The standard InChI is InChI=1S/C10H13N2/c1-2-10(8-12-5-1)9-3-6-11-7-4-9/h1-2,5,8-9H,3-4,6-7H2. The highest BCUT2D eigenvalue weighted by Gasteiger charge is 2.14. The number of pyridine rings is 1. The van der Waals surface area contributed by atoms with Crippen molar-refractivity contribution in [2.24, 2.45) is 0 Å². The van der Waals surface area contributed by atoms with Crippen LogP contribution in [-0.4, -0.2) is 18.1 Å². The van der Waals surface area contributed by atoms with Crippen LogP contribution in [0.15, 0.2) is 24.5 Å². The summed E-state index contributed by atoms with van der Waals surface area (Å²) >= 11 is 0. The predicted octanol–water partition coefficient (Wildman–Crippen LogP) is 1.56. The van der Waals surface area contributed by atoms with Crippen LogP contribution in [0.2, 0.25) is 0 Å². The van der Waals surface area contributed by atoms with Crippen LogP contribution < -0.4 is 5.32 Å². The number of hydrogen-bond donors (Lipinski definition) is 0. The molecule has 0 N–H and O–H groups in total. The Bertz CT molecular complexity index is 227. The lowest BCUT2D eigenvalue weighted by Crippen LogP contribution is -2.20. The Morgan fingerprint density at radius 1 is 1.25 bits per heavy atom. The topological polar surface area (TPSA) is 27.0 Å². The Morgan fingerprint density at radius 2 is 2.08 bits per heavy atom. The fourth-order valence-electron chi connectivity index (χ4n) is 1.70. The van der Waals surface area contributed by atoms with E-state index in [1.165, 1.54) is 18.4 Å². The van der Waals surface area contributed by atoms with Gasteiger partial charge in [-0.2, -0.15) is 0 Å². The predicted molar refractivity (Wildman–Crippen MR) is 48.1 cm³/mol. The van der Waals surface area contributed by atoms with Gasteiger partial charge < -0.3 is 0 Å². The zero-order valence-electron chi connectivity index (χ0n) is 7.11. The molecule has 0 bridgehead atoms. The van der Waals surface area contributed by atoms with E-state index in [1.54, 1.807) is 0 Å². The van der Waals surface area contributed by atoms with Crippen molar-refractivity contribution in [1.82, 2.24) is 10.3 Å². The molecule has 0 aromatic carbocycles. The smallest absolute Gasteiger partial charge is 0.0302 e. The molecule has 2 rings (SSSR count). The molecule has 0 unspecified atom stereocenters. The summed E-state index contributed by atoms with van der Waals surface area (Å²) in [6.07, 6.45) is 6.21. The summed E-state index contributed by atoms with van der Waals surface area (Å²) in [5, 5.41) is 4.33. The second-order valence-electron chi connectivity index (χ2n) is 3.23. The van der Waals surface area contributed by atoms with Crippen molar-refractivity contribution < 1.29 is 0 Å². The van der Waals surface area contributed by atoms with Crippen LogP contribution >= 0.6 is 0 Å². The second-order valence-corrected chi connectivity index (χ2v) is 3.23. The third-order valence-electron chi connectivity index (χ3n) is 2.43. The zero-order valence-corrected chi connectivity index (χ0v) is 7.11. The largest absolute Gasteiger partial charge is 0.264 e. The second kappa shape index (κ2) is 3.68. The molecular weight excluding hydrogens is 148 g/mol. The number of rotatable bonds is 1. The van der Waals surface area contributed by atoms with E-state index in [2.05, 4.69) is 16.4 Å². The fraction of sp³-hybridized carbons (Fsp3) is 0.500. The SMILES string of the molecule is c1cncc(C2CC[N]CC2)c1. The summed E-state index contributed by atoms with van der Waals surface area (Å²) in [6.45, 7) is 2.05. The van der Waals surface area contributed by atoms with Crippen molar-refractivity contribution in [2.75, 3.05) is 13.1 Å². The molecule has 1 fully saturated rings. The van der Waals surface area contributed by atoms with E-state index < -0.39 is 0 Å². The average Bonchev–Trinajstić information content (AvgIpc) is 2.21.